The standard InChI is InChI=1S/C34H47N4O5Si/c1-33(2,3)19-29(43-44(7)8)37-15-13-36(14-16-37)21-22-9-11-26-23(17-22)18-27(38(26)32(41)42-34(4,5)6)24-10-12-28(39)25-20-35-31(40)30(24)25/h9-12,17-18,29,39H,13-16,19-21H2,1-8H3,(H,35,40). The minimum Gasteiger partial charge on any atom is -0.508 e. The topological polar surface area (TPSA) is 96.3 Å². The van der Waals surface area contributed by atoms with Crippen LogP contribution in [0.5, 0.6) is 5.75 Å². The van der Waals surface area contributed by atoms with Crippen LogP contribution in [0.1, 0.15) is 69.4 Å². The average Bonchev–Trinajstić information content (AvgIpc) is 3.48. The molecule has 5 rings (SSSR count). The van der Waals surface area contributed by atoms with Crippen molar-refractivity contribution < 1.29 is 23.9 Å². The van der Waals surface area contributed by atoms with Gasteiger partial charge in [0.2, 0.25) is 9.04 Å². The summed E-state index contributed by atoms with van der Waals surface area (Å²) in [4.78, 5) is 31.4. The monoisotopic (exact) mass is 619 g/mol. The molecule has 1 aromatic heterocycles. The lowest BCUT2D eigenvalue weighted by atomic mass is 9.91. The van der Waals surface area contributed by atoms with E-state index in [2.05, 4.69) is 61.1 Å². The van der Waals surface area contributed by atoms with Crippen molar-refractivity contribution in [3.63, 3.8) is 0 Å². The maximum Gasteiger partial charge on any atom is 0.419 e. The Morgan fingerprint density at radius 3 is 2.36 bits per heavy atom. The van der Waals surface area contributed by atoms with E-state index < -0.39 is 20.7 Å². The first-order valence-corrected chi connectivity index (χ1v) is 17.9. The van der Waals surface area contributed by atoms with E-state index in [9.17, 15) is 14.7 Å². The summed E-state index contributed by atoms with van der Waals surface area (Å²) in [5.41, 5.74) is 3.45. The molecule has 2 aromatic carbocycles. The fraction of sp³-hybridized carbons (Fsp3) is 0.529. The van der Waals surface area contributed by atoms with Crippen molar-refractivity contribution in [1.82, 2.24) is 19.7 Å². The number of carbonyl (C=O) groups excluding carboxylic acids is 2. The molecule has 2 aliphatic rings. The van der Waals surface area contributed by atoms with E-state index in [4.69, 9.17) is 9.16 Å². The van der Waals surface area contributed by atoms with Crippen LogP contribution in [-0.2, 0) is 22.3 Å². The number of fused-ring (bicyclic) bond motifs is 2. The van der Waals surface area contributed by atoms with Crippen LogP contribution in [0.4, 0.5) is 4.79 Å². The molecule has 2 N–H and O–H groups in total. The molecule has 44 heavy (non-hydrogen) atoms. The number of rotatable bonds is 7. The minimum absolute atomic E-state index is 0.0615. The van der Waals surface area contributed by atoms with Gasteiger partial charge in [-0.25, -0.2) is 9.36 Å². The second-order valence-electron chi connectivity index (χ2n) is 14.5. The molecular weight excluding hydrogens is 572 g/mol. The number of aromatic nitrogens is 1. The smallest absolute Gasteiger partial charge is 0.419 e. The van der Waals surface area contributed by atoms with Gasteiger partial charge in [0.05, 0.1) is 23.0 Å². The molecule has 9 nitrogen and oxygen atoms in total. The minimum atomic E-state index is -0.806. The van der Waals surface area contributed by atoms with Crippen LogP contribution in [0, 0.1) is 5.41 Å². The van der Waals surface area contributed by atoms with Crippen LogP contribution in [0.3, 0.4) is 0 Å². The van der Waals surface area contributed by atoms with Crippen LogP contribution in [-0.4, -0.2) is 78.5 Å². The number of carbonyl (C=O) groups is 2. The van der Waals surface area contributed by atoms with E-state index in [1.54, 1.807) is 16.7 Å². The molecule has 10 heteroatoms. The number of phenolic OH excluding ortho intramolecular Hbond substituents is 1. The highest BCUT2D eigenvalue weighted by molar-refractivity contribution is 6.48. The SMILES string of the molecule is C[Si](C)OC(CC(C)(C)C)N1CCN(Cc2ccc3c(c2)cc(-c2ccc(O)c4c2C(=O)NC4)n3C(=O)OC(C)(C)C)CC1. The number of nitrogens with zero attached hydrogens (tertiary/aromatic N) is 3. The number of nitrogens with one attached hydrogen (secondary N) is 1. The van der Waals surface area contributed by atoms with E-state index in [0.717, 1.165) is 50.1 Å². The highest BCUT2D eigenvalue weighted by atomic mass is 28.3. The summed E-state index contributed by atoms with van der Waals surface area (Å²) in [6, 6.07) is 11.4. The molecule has 237 valence electrons. The fourth-order valence-corrected chi connectivity index (χ4v) is 6.90. The maximum absolute atomic E-state index is 13.6. The summed E-state index contributed by atoms with van der Waals surface area (Å²) in [5, 5.41) is 14.1. The van der Waals surface area contributed by atoms with Gasteiger partial charge in [-0.15, -0.1) is 0 Å². The number of phenols is 1. The molecule has 1 fully saturated rings. The zero-order valence-electron chi connectivity index (χ0n) is 27.4. The van der Waals surface area contributed by atoms with Crippen LogP contribution < -0.4 is 5.32 Å². The molecule has 0 spiro atoms. The third-order valence-electron chi connectivity index (χ3n) is 8.04. The number of piperazine rings is 1. The first-order valence-electron chi connectivity index (χ1n) is 15.5. The average molecular weight is 620 g/mol. The number of ether oxygens (including phenoxy) is 1. The maximum atomic E-state index is 13.6. The van der Waals surface area contributed by atoms with Crippen LogP contribution in [0.25, 0.3) is 22.2 Å². The van der Waals surface area contributed by atoms with Crippen molar-refractivity contribution in [2.45, 2.75) is 86.0 Å². The molecule has 0 aliphatic carbocycles. The Morgan fingerprint density at radius 2 is 1.73 bits per heavy atom. The second kappa shape index (κ2) is 12.3. The molecular formula is C34H47N4O5Si. The predicted molar refractivity (Wildman–Crippen MR) is 175 cm³/mol. The second-order valence-corrected chi connectivity index (χ2v) is 16.5. The van der Waals surface area contributed by atoms with Crippen molar-refractivity contribution >= 4 is 31.9 Å². The summed E-state index contributed by atoms with van der Waals surface area (Å²) in [5.74, 6) is -0.205. The first kappa shape index (κ1) is 32.2. The van der Waals surface area contributed by atoms with Gasteiger partial charge in [-0.05, 0) is 81.6 Å². The quantitative estimate of drug-likeness (QED) is 0.305. The van der Waals surface area contributed by atoms with E-state index in [-0.39, 0.29) is 29.8 Å². The van der Waals surface area contributed by atoms with E-state index in [0.29, 0.717) is 27.9 Å². The Hall–Kier alpha value is -3.18. The highest BCUT2D eigenvalue weighted by Crippen LogP contribution is 2.38. The van der Waals surface area contributed by atoms with Crippen LogP contribution in [0.15, 0.2) is 36.4 Å². The molecule has 1 unspecified atom stereocenters. The van der Waals surface area contributed by atoms with Gasteiger partial charge in [-0.1, -0.05) is 26.8 Å². The fourth-order valence-electron chi connectivity index (χ4n) is 6.12. The van der Waals surface area contributed by atoms with Gasteiger partial charge >= 0.3 is 6.09 Å². The van der Waals surface area contributed by atoms with Crippen LogP contribution in [0.2, 0.25) is 13.1 Å². The van der Waals surface area contributed by atoms with Crippen molar-refractivity contribution in [3.05, 3.63) is 53.1 Å². The van der Waals surface area contributed by atoms with Gasteiger partial charge in [-0.3, -0.25) is 14.6 Å². The number of benzene rings is 2. The normalized spacial score (nSPS) is 17.2. The molecule has 1 atom stereocenters. The molecule has 1 amide bonds. The van der Waals surface area contributed by atoms with Gasteiger partial charge in [0, 0.05) is 55.8 Å². The van der Waals surface area contributed by atoms with Crippen molar-refractivity contribution in [2.24, 2.45) is 5.41 Å². The Morgan fingerprint density at radius 1 is 1.02 bits per heavy atom. The third-order valence-corrected chi connectivity index (χ3v) is 8.78. The van der Waals surface area contributed by atoms with Gasteiger partial charge in [0.15, 0.2) is 0 Å². The van der Waals surface area contributed by atoms with Crippen molar-refractivity contribution in [1.29, 1.82) is 0 Å². The summed E-state index contributed by atoms with van der Waals surface area (Å²) < 4.78 is 13.8. The lowest BCUT2D eigenvalue weighted by molar-refractivity contribution is -0.0321. The predicted octanol–water partition coefficient (Wildman–Crippen LogP) is 6.19. The van der Waals surface area contributed by atoms with Gasteiger partial charge in [0.25, 0.3) is 5.91 Å². The number of amides is 1. The number of hydrogen-bond acceptors (Lipinski definition) is 7. The van der Waals surface area contributed by atoms with Crippen LogP contribution >= 0.6 is 0 Å². The molecule has 1 radical (unpaired) electrons. The Balaban J connectivity index is 1.42. The van der Waals surface area contributed by atoms with E-state index >= 15 is 0 Å². The van der Waals surface area contributed by atoms with Gasteiger partial charge in [0.1, 0.15) is 11.4 Å². The molecule has 3 heterocycles. The van der Waals surface area contributed by atoms with E-state index in [1.165, 1.54) is 0 Å². The molecule has 2 aliphatic heterocycles. The lowest BCUT2D eigenvalue weighted by Gasteiger charge is -2.41. The molecule has 0 bridgehead atoms. The van der Waals surface area contributed by atoms with Gasteiger partial charge < -0.3 is 19.6 Å². The number of aromatic hydroxyl groups is 1. The van der Waals surface area contributed by atoms with Crippen molar-refractivity contribution in [3.8, 4) is 17.0 Å². The molecule has 0 saturated carbocycles. The zero-order chi connectivity index (χ0) is 32.0. The molecule has 1 saturated heterocycles. The summed E-state index contributed by atoms with van der Waals surface area (Å²) >= 11 is 0. The first-order chi connectivity index (χ1) is 20.6. The molecule has 3 aromatic rings. The Bertz CT molecular complexity index is 1540. The zero-order valence-corrected chi connectivity index (χ0v) is 28.4. The van der Waals surface area contributed by atoms with Crippen molar-refractivity contribution in [2.75, 3.05) is 26.2 Å². The summed E-state index contributed by atoms with van der Waals surface area (Å²) in [6.07, 6.45) is 0.664. The van der Waals surface area contributed by atoms with Gasteiger partial charge in [-0.2, -0.15) is 0 Å². The summed E-state index contributed by atoms with van der Waals surface area (Å²) in [7, 11) is -0.806. The largest absolute Gasteiger partial charge is 0.508 e. The Labute approximate surface area is 262 Å². The highest BCUT2D eigenvalue weighted by Gasteiger charge is 2.31. The third kappa shape index (κ3) is 7.20. The number of hydrogen-bond donors (Lipinski definition) is 2. The summed E-state index contributed by atoms with van der Waals surface area (Å²) in [6.45, 7) is 21.6. The Kier molecular flexibility index (Phi) is 9.01. The van der Waals surface area contributed by atoms with E-state index in [1.807, 2.05) is 32.9 Å². The lowest BCUT2D eigenvalue weighted by Crippen LogP contribution is -2.52.